The highest BCUT2D eigenvalue weighted by molar-refractivity contribution is 7.92. The van der Waals surface area contributed by atoms with Crippen LogP contribution < -0.4 is 9.62 Å². The lowest BCUT2D eigenvalue weighted by Crippen LogP contribution is -2.51. The van der Waals surface area contributed by atoms with Crippen molar-refractivity contribution < 1.29 is 31.2 Å². The molecule has 7 nitrogen and oxygen atoms in total. The second-order valence-electron chi connectivity index (χ2n) is 9.57. The molecule has 226 valence electrons. The van der Waals surface area contributed by atoms with Gasteiger partial charge in [-0.15, -0.1) is 0 Å². The fraction of sp³-hybridized carbons (Fsp3) is 0.310. The van der Waals surface area contributed by atoms with E-state index in [1.165, 1.54) is 31.2 Å². The topological polar surface area (TPSA) is 86.8 Å². The van der Waals surface area contributed by atoms with E-state index in [4.69, 9.17) is 23.2 Å². The Morgan fingerprint density at radius 3 is 2.21 bits per heavy atom. The fourth-order valence-electron chi connectivity index (χ4n) is 4.04. The van der Waals surface area contributed by atoms with Gasteiger partial charge >= 0.3 is 6.18 Å². The van der Waals surface area contributed by atoms with Gasteiger partial charge in [0.25, 0.3) is 10.0 Å². The number of carbonyl (C=O) groups excluding carboxylic acids is 2. The molecule has 1 atom stereocenters. The summed E-state index contributed by atoms with van der Waals surface area (Å²) in [6, 6.07) is 13.8. The van der Waals surface area contributed by atoms with Gasteiger partial charge in [0, 0.05) is 18.1 Å². The van der Waals surface area contributed by atoms with Crippen molar-refractivity contribution in [2.24, 2.45) is 0 Å². The van der Waals surface area contributed by atoms with E-state index in [1.54, 1.807) is 31.2 Å². The zero-order valence-corrected chi connectivity index (χ0v) is 25.4. The van der Waals surface area contributed by atoms with Gasteiger partial charge in [0.1, 0.15) is 12.6 Å². The van der Waals surface area contributed by atoms with Crippen LogP contribution in [0.15, 0.2) is 71.6 Å². The normalized spacial score (nSPS) is 12.5. The number of hydrogen-bond acceptors (Lipinski definition) is 4. The molecule has 0 saturated heterocycles. The summed E-state index contributed by atoms with van der Waals surface area (Å²) in [5.41, 5.74) is -0.457. The molecule has 3 rings (SSSR count). The van der Waals surface area contributed by atoms with Gasteiger partial charge in [0.2, 0.25) is 11.8 Å². The molecule has 0 saturated carbocycles. The van der Waals surface area contributed by atoms with Crippen LogP contribution in [0.5, 0.6) is 0 Å². The van der Waals surface area contributed by atoms with Gasteiger partial charge < -0.3 is 10.2 Å². The number of benzene rings is 3. The number of sulfonamides is 1. The number of hydrogen-bond donors (Lipinski definition) is 1. The molecule has 3 aromatic rings. The maximum absolute atomic E-state index is 13.9. The smallest absolute Gasteiger partial charge is 0.354 e. The predicted molar refractivity (Wildman–Crippen MR) is 157 cm³/mol. The molecule has 3 aromatic carbocycles. The first-order chi connectivity index (χ1) is 19.7. The second kappa shape index (κ2) is 13.8. The summed E-state index contributed by atoms with van der Waals surface area (Å²) in [7, 11) is -4.57. The summed E-state index contributed by atoms with van der Waals surface area (Å²) in [6.07, 6.45) is -4.25. The van der Waals surface area contributed by atoms with Gasteiger partial charge in [-0.2, -0.15) is 13.2 Å². The zero-order chi connectivity index (χ0) is 31.2. The minimum absolute atomic E-state index is 0.161. The summed E-state index contributed by atoms with van der Waals surface area (Å²) < 4.78 is 69.5. The van der Waals surface area contributed by atoms with Gasteiger partial charge in [-0.1, -0.05) is 66.0 Å². The Morgan fingerprint density at radius 2 is 1.62 bits per heavy atom. The van der Waals surface area contributed by atoms with Crippen LogP contribution in [0, 0.1) is 6.92 Å². The van der Waals surface area contributed by atoms with Crippen LogP contribution in [0.1, 0.15) is 37.0 Å². The fourth-order valence-corrected chi connectivity index (χ4v) is 5.87. The van der Waals surface area contributed by atoms with Crippen molar-refractivity contribution in [3.8, 4) is 0 Å². The molecule has 0 aliphatic rings. The monoisotopic (exact) mass is 643 g/mol. The number of anilines is 1. The molecule has 2 amide bonds. The lowest BCUT2D eigenvalue weighted by Gasteiger charge is -2.32. The Morgan fingerprint density at radius 1 is 0.976 bits per heavy atom. The molecular weight excluding hydrogens is 614 g/mol. The summed E-state index contributed by atoms with van der Waals surface area (Å²) in [5, 5.41) is 2.39. The molecule has 0 aromatic heterocycles. The standard InChI is InChI=1S/C29H30Cl2F3N3O4S/c1-4-15-35-28(39)20(3)36(17-21-7-5-6-8-25(21)30)27(38)18-37(42(40,41)23-12-9-19(2)10-13-23)22-11-14-26(31)24(16-22)29(32,33)34/h5-14,16,20H,4,15,17-18H2,1-3H3,(H,35,39). The van der Waals surface area contributed by atoms with Crippen LogP contribution in [-0.4, -0.2) is 44.3 Å². The average Bonchev–Trinajstić information content (AvgIpc) is 2.93. The van der Waals surface area contributed by atoms with Crippen molar-refractivity contribution in [3.05, 3.63) is 93.5 Å². The number of alkyl halides is 3. The molecule has 0 heterocycles. The van der Waals surface area contributed by atoms with Crippen molar-refractivity contribution in [1.29, 1.82) is 0 Å². The highest BCUT2D eigenvalue weighted by Crippen LogP contribution is 2.38. The van der Waals surface area contributed by atoms with Gasteiger partial charge in [-0.25, -0.2) is 8.42 Å². The van der Waals surface area contributed by atoms with Gasteiger partial charge in [-0.05, 0) is 62.2 Å². The van der Waals surface area contributed by atoms with Crippen molar-refractivity contribution in [2.45, 2.75) is 50.9 Å². The van der Waals surface area contributed by atoms with E-state index >= 15 is 0 Å². The molecule has 0 fully saturated rings. The van der Waals surface area contributed by atoms with Crippen molar-refractivity contribution in [1.82, 2.24) is 10.2 Å². The minimum atomic E-state index is -4.89. The quantitative estimate of drug-likeness (QED) is 0.260. The third kappa shape index (κ3) is 7.96. The number of aryl methyl sites for hydroxylation is 1. The lowest BCUT2D eigenvalue weighted by molar-refractivity contribution is -0.139. The number of nitrogens with one attached hydrogen (secondary N) is 1. The predicted octanol–water partition coefficient (Wildman–Crippen LogP) is 6.46. The highest BCUT2D eigenvalue weighted by Gasteiger charge is 2.37. The first kappa shape index (κ1) is 33.2. The largest absolute Gasteiger partial charge is 0.417 e. The molecule has 1 unspecified atom stereocenters. The lowest BCUT2D eigenvalue weighted by atomic mass is 10.1. The molecule has 0 aliphatic carbocycles. The van der Waals surface area contributed by atoms with Crippen LogP contribution in [0.3, 0.4) is 0 Å². The van der Waals surface area contributed by atoms with E-state index < -0.39 is 56.9 Å². The van der Waals surface area contributed by atoms with Crippen LogP contribution in [0.4, 0.5) is 18.9 Å². The first-order valence-electron chi connectivity index (χ1n) is 12.9. The summed E-state index contributed by atoms with van der Waals surface area (Å²) in [4.78, 5) is 27.7. The molecule has 0 spiro atoms. The number of carbonyl (C=O) groups is 2. The molecule has 0 radical (unpaired) electrons. The van der Waals surface area contributed by atoms with Crippen molar-refractivity contribution >= 4 is 50.7 Å². The first-order valence-corrected chi connectivity index (χ1v) is 15.1. The number of nitrogens with zero attached hydrogens (tertiary/aromatic N) is 2. The van der Waals surface area contributed by atoms with E-state index in [1.807, 2.05) is 6.92 Å². The average molecular weight is 645 g/mol. The van der Waals surface area contributed by atoms with Crippen molar-refractivity contribution in [2.75, 3.05) is 17.4 Å². The maximum atomic E-state index is 13.9. The second-order valence-corrected chi connectivity index (χ2v) is 12.2. The zero-order valence-electron chi connectivity index (χ0n) is 23.1. The van der Waals surface area contributed by atoms with Gasteiger partial charge in [-0.3, -0.25) is 13.9 Å². The Kier molecular flexibility index (Phi) is 10.9. The molecule has 0 bridgehead atoms. The van der Waals surface area contributed by atoms with Crippen LogP contribution >= 0.6 is 23.2 Å². The Bertz CT molecular complexity index is 1530. The van der Waals surface area contributed by atoms with E-state index in [0.29, 0.717) is 33.9 Å². The molecule has 1 N–H and O–H groups in total. The Labute approximate surface area is 253 Å². The van der Waals surface area contributed by atoms with E-state index in [-0.39, 0.29) is 11.4 Å². The van der Waals surface area contributed by atoms with Gasteiger partial charge in [0.15, 0.2) is 0 Å². The van der Waals surface area contributed by atoms with Crippen LogP contribution in [0.2, 0.25) is 10.0 Å². The third-order valence-corrected chi connectivity index (χ3v) is 8.93. The van der Waals surface area contributed by atoms with E-state index in [2.05, 4.69) is 5.32 Å². The number of halogens is 5. The summed E-state index contributed by atoms with van der Waals surface area (Å²) in [5.74, 6) is -1.33. The maximum Gasteiger partial charge on any atom is 0.417 e. The van der Waals surface area contributed by atoms with Gasteiger partial charge in [0.05, 0.1) is 21.2 Å². The Hall–Kier alpha value is -3.28. The molecule has 0 aliphatic heterocycles. The highest BCUT2D eigenvalue weighted by atomic mass is 35.5. The number of rotatable bonds is 11. The Balaban J connectivity index is 2.12. The molecular formula is C29H30Cl2F3N3O4S. The van der Waals surface area contributed by atoms with E-state index in [0.717, 1.165) is 22.6 Å². The summed E-state index contributed by atoms with van der Waals surface area (Å²) >= 11 is 12.1. The third-order valence-electron chi connectivity index (χ3n) is 6.45. The van der Waals surface area contributed by atoms with E-state index in [9.17, 15) is 31.2 Å². The van der Waals surface area contributed by atoms with Crippen molar-refractivity contribution in [3.63, 3.8) is 0 Å². The SMILES string of the molecule is CCCNC(=O)C(C)N(Cc1ccccc1Cl)C(=O)CN(c1ccc(Cl)c(C(F)(F)F)c1)S(=O)(=O)c1ccc(C)cc1. The minimum Gasteiger partial charge on any atom is -0.354 e. The molecule has 13 heteroatoms. The van der Waals surface area contributed by atoms with Crippen LogP contribution in [-0.2, 0) is 32.3 Å². The summed E-state index contributed by atoms with van der Waals surface area (Å²) in [6.45, 7) is 4.34. The molecule has 42 heavy (non-hydrogen) atoms. The number of amides is 2. The van der Waals surface area contributed by atoms with Crippen LogP contribution in [0.25, 0.3) is 0 Å².